The summed E-state index contributed by atoms with van der Waals surface area (Å²) in [6.45, 7) is 1.71. The number of ether oxygens (including phenoxy) is 2. The van der Waals surface area contributed by atoms with Crippen molar-refractivity contribution in [3.05, 3.63) is 76.5 Å². The van der Waals surface area contributed by atoms with Crippen LogP contribution in [0.2, 0.25) is 0 Å². The molecule has 0 bridgehead atoms. The quantitative estimate of drug-likeness (QED) is 0.549. The van der Waals surface area contributed by atoms with Crippen LogP contribution in [0.5, 0.6) is 11.5 Å². The molecule has 29 heavy (non-hydrogen) atoms. The minimum absolute atomic E-state index is 0.183. The number of hydrogen-bond acceptors (Lipinski definition) is 5. The van der Waals surface area contributed by atoms with E-state index in [0.29, 0.717) is 37.7 Å². The topological polar surface area (TPSA) is 76.8 Å². The van der Waals surface area contributed by atoms with Gasteiger partial charge in [-0.3, -0.25) is 0 Å². The number of amides is 2. The molecule has 3 aromatic rings. The molecular formula is C22H25N3O3S. The predicted octanol–water partition coefficient (Wildman–Crippen LogP) is 4.33. The van der Waals surface area contributed by atoms with Gasteiger partial charge in [0.2, 0.25) is 0 Å². The molecule has 1 heterocycles. The van der Waals surface area contributed by atoms with Crippen molar-refractivity contribution in [1.82, 2.24) is 4.90 Å². The van der Waals surface area contributed by atoms with Gasteiger partial charge in [-0.15, -0.1) is 0 Å². The second-order valence-corrected chi connectivity index (χ2v) is 7.19. The first-order valence-corrected chi connectivity index (χ1v) is 10.3. The molecule has 2 aromatic carbocycles. The van der Waals surface area contributed by atoms with Gasteiger partial charge in [-0.2, -0.15) is 11.3 Å². The van der Waals surface area contributed by atoms with Gasteiger partial charge in [0, 0.05) is 25.0 Å². The third-order valence-electron chi connectivity index (χ3n) is 4.30. The number of hydrogen-bond donors (Lipinski definition) is 2. The normalized spacial score (nSPS) is 10.4. The molecule has 0 unspecified atom stereocenters. The van der Waals surface area contributed by atoms with Crippen LogP contribution >= 0.6 is 11.3 Å². The van der Waals surface area contributed by atoms with Crippen LogP contribution in [0.1, 0.15) is 11.1 Å². The Morgan fingerprint density at radius 2 is 1.93 bits per heavy atom. The van der Waals surface area contributed by atoms with Crippen LogP contribution in [0.4, 0.5) is 10.5 Å². The van der Waals surface area contributed by atoms with E-state index in [1.54, 1.807) is 12.0 Å². The van der Waals surface area contributed by atoms with Gasteiger partial charge in [0.15, 0.2) is 11.5 Å². The van der Waals surface area contributed by atoms with Gasteiger partial charge in [0.05, 0.1) is 12.8 Å². The van der Waals surface area contributed by atoms with E-state index < -0.39 is 0 Å². The molecule has 2 amide bonds. The van der Waals surface area contributed by atoms with Gasteiger partial charge in [-0.25, -0.2) is 4.79 Å². The van der Waals surface area contributed by atoms with E-state index in [0.717, 1.165) is 16.8 Å². The Morgan fingerprint density at radius 3 is 2.62 bits per heavy atom. The number of thiophene rings is 1. The maximum atomic E-state index is 12.6. The fourth-order valence-electron chi connectivity index (χ4n) is 2.83. The van der Waals surface area contributed by atoms with Crippen molar-refractivity contribution < 1.29 is 14.3 Å². The molecule has 3 N–H and O–H groups in total. The number of urea groups is 1. The molecule has 0 radical (unpaired) electrons. The average Bonchev–Trinajstić information content (AvgIpc) is 3.26. The molecule has 0 saturated heterocycles. The van der Waals surface area contributed by atoms with Gasteiger partial charge in [-0.1, -0.05) is 36.4 Å². The Hall–Kier alpha value is -3.03. The smallest absolute Gasteiger partial charge is 0.322 e. The first kappa shape index (κ1) is 20.7. The summed E-state index contributed by atoms with van der Waals surface area (Å²) >= 11 is 1.53. The van der Waals surface area contributed by atoms with Gasteiger partial charge >= 0.3 is 6.03 Å². The molecule has 0 spiro atoms. The number of carbonyl (C=O) groups is 1. The highest BCUT2D eigenvalue weighted by Gasteiger charge is 2.15. The summed E-state index contributed by atoms with van der Waals surface area (Å²) in [5.74, 6) is 1.29. The maximum Gasteiger partial charge on any atom is 0.322 e. The second kappa shape index (κ2) is 10.5. The average molecular weight is 412 g/mol. The lowest BCUT2D eigenvalue weighted by Crippen LogP contribution is -2.37. The standard InChI is InChI=1S/C22H25N3O3S/c1-27-21-13-18(7-8-20(21)28-15-17-5-3-2-4-6-17)14-25(11-10-23)22(26)24-19-9-12-29-16-19/h2-9,12-13,16H,10-11,14-15,23H2,1H3,(H,24,26). The van der Waals surface area contributed by atoms with Crippen molar-refractivity contribution >= 4 is 23.1 Å². The van der Waals surface area contributed by atoms with E-state index in [9.17, 15) is 4.79 Å². The van der Waals surface area contributed by atoms with Crippen molar-refractivity contribution in [1.29, 1.82) is 0 Å². The molecule has 1 aromatic heterocycles. The van der Waals surface area contributed by atoms with Gasteiger partial charge in [-0.05, 0) is 34.7 Å². The van der Waals surface area contributed by atoms with Crippen molar-refractivity contribution in [3.8, 4) is 11.5 Å². The van der Waals surface area contributed by atoms with Crippen molar-refractivity contribution in [2.45, 2.75) is 13.2 Å². The van der Waals surface area contributed by atoms with Crippen LogP contribution in [-0.4, -0.2) is 31.1 Å². The molecule has 0 aliphatic rings. The molecule has 3 rings (SSSR count). The summed E-state index contributed by atoms with van der Waals surface area (Å²) in [5, 5.41) is 6.70. The summed E-state index contributed by atoms with van der Waals surface area (Å²) in [6.07, 6.45) is 0. The Labute approximate surface area is 174 Å². The zero-order valence-electron chi connectivity index (χ0n) is 16.3. The van der Waals surface area contributed by atoms with E-state index in [2.05, 4.69) is 5.32 Å². The van der Waals surface area contributed by atoms with Gasteiger partial charge in [0.25, 0.3) is 0 Å². The number of rotatable bonds is 9. The Bertz CT molecular complexity index is 901. The number of nitrogens with zero attached hydrogens (tertiary/aromatic N) is 1. The zero-order chi connectivity index (χ0) is 20.5. The molecule has 0 atom stereocenters. The Kier molecular flexibility index (Phi) is 7.49. The monoisotopic (exact) mass is 411 g/mol. The fourth-order valence-corrected chi connectivity index (χ4v) is 3.42. The third kappa shape index (κ3) is 5.97. The van der Waals surface area contributed by atoms with Crippen LogP contribution in [0, 0.1) is 0 Å². The Morgan fingerprint density at radius 1 is 1.10 bits per heavy atom. The van der Waals surface area contributed by atoms with E-state index in [1.807, 2.05) is 65.4 Å². The van der Waals surface area contributed by atoms with Crippen LogP contribution in [0.15, 0.2) is 65.4 Å². The van der Waals surface area contributed by atoms with Crippen LogP contribution < -0.4 is 20.5 Å². The van der Waals surface area contributed by atoms with Crippen LogP contribution in [0.3, 0.4) is 0 Å². The van der Waals surface area contributed by atoms with Gasteiger partial charge in [0.1, 0.15) is 6.61 Å². The number of nitrogens with one attached hydrogen (secondary N) is 1. The first-order valence-electron chi connectivity index (χ1n) is 9.31. The van der Waals surface area contributed by atoms with E-state index >= 15 is 0 Å². The minimum Gasteiger partial charge on any atom is -0.493 e. The largest absolute Gasteiger partial charge is 0.493 e. The fraction of sp³-hybridized carbons (Fsp3) is 0.227. The lowest BCUT2D eigenvalue weighted by atomic mass is 10.2. The highest BCUT2D eigenvalue weighted by Crippen LogP contribution is 2.29. The van der Waals surface area contributed by atoms with E-state index in [-0.39, 0.29) is 6.03 Å². The molecule has 7 heteroatoms. The lowest BCUT2D eigenvalue weighted by molar-refractivity contribution is 0.210. The molecular weight excluding hydrogens is 386 g/mol. The number of carbonyl (C=O) groups excluding carboxylic acids is 1. The van der Waals surface area contributed by atoms with Crippen LogP contribution in [-0.2, 0) is 13.2 Å². The Balaban J connectivity index is 1.67. The SMILES string of the molecule is COc1cc(CN(CCN)C(=O)Nc2ccsc2)ccc1OCc1ccccc1. The third-order valence-corrected chi connectivity index (χ3v) is 4.98. The van der Waals surface area contributed by atoms with Crippen molar-refractivity contribution in [2.75, 3.05) is 25.5 Å². The van der Waals surface area contributed by atoms with Crippen LogP contribution in [0.25, 0.3) is 0 Å². The van der Waals surface area contributed by atoms with Gasteiger partial charge < -0.3 is 25.4 Å². The molecule has 0 saturated carbocycles. The van der Waals surface area contributed by atoms with E-state index in [1.165, 1.54) is 11.3 Å². The van der Waals surface area contributed by atoms with Crippen molar-refractivity contribution in [3.63, 3.8) is 0 Å². The summed E-state index contributed by atoms with van der Waals surface area (Å²) < 4.78 is 11.4. The van der Waals surface area contributed by atoms with E-state index in [4.69, 9.17) is 15.2 Å². The molecule has 0 aliphatic carbocycles. The highest BCUT2D eigenvalue weighted by molar-refractivity contribution is 7.08. The summed E-state index contributed by atoms with van der Waals surface area (Å²) in [6, 6.07) is 17.3. The minimum atomic E-state index is -0.183. The first-order chi connectivity index (χ1) is 14.2. The number of benzene rings is 2. The predicted molar refractivity (Wildman–Crippen MR) is 117 cm³/mol. The summed E-state index contributed by atoms with van der Waals surface area (Å²) in [4.78, 5) is 14.3. The zero-order valence-corrected chi connectivity index (χ0v) is 17.2. The lowest BCUT2D eigenvalue weighted by Gasteiger charge is -2.23. The van der Waals surface area contributed by atoms with Crippen molar-refractivity contribution in [2.24, 2.45) is 5.73 Å². The molecule has 0 fully saturated rings. The summed E-state index contributed by atoms with van der Waals surface area (Å²) in [5.41, 5.74) is 8.50. The number of anilines is 1. The summed E-state index contributed by atoms with van der Waals surface area (Å²) in [7, 11) is 1.61. The number of methoxy groups -OCH3 is 1. The molecule has 152 valence electrons. The molecule has 0 aliphatic heterocycles. The molecule has 6 nitrogen and oxygen atoms in total. The second-order valence-electron chi connectivity index (χ2n) is 6.41. The highest BCUT2D eigenvalue weighted by atomic mass is 32.1. The number of nitrogens with two attached hydrogens (primary N) is 1. The maximum absolute atomic E-state index is 12.6.